The zero-order valence-electron chi connectivity index (χ0n) is 15.6. The number of hydrogen-bond acceptors (Lipinski definition) is 3. The lowest BCUT2D eigenvalue weighted by atomic mass is 10.1. The van der Waals surface area contributed by atoms with Crippen LogP contribution in [0.2, 0.25) is 10.0 Å². The van der Waals surface area contributed by atoms with Crippen LogP contribution in [-0.2, 0) is 16.6 Å². The Hall–Kier alpha value is -1.60. The SMILES string of the molecule is CN(Cc1ccccc1Cl)C(=O)c1ccc(Cl)c(S(=O)(=O)N2CCCCC2)c1. The Balaban J connectivity index is 1.86. The first-order chi connectivity index (χ1) is 13.3. The van der Waals surface area contributed by atoms with Gasteiger partial charge < -0.3 is 4.90 Å². The molecule has 1 aliphatic heterocycles. The predicted molar refractivity (Wildman–Crippen MR) is 111 cm³/mol. The largest absolute Gasteiger partial charge is 0.337 e. The van der Waals surface area contributed by atoms with Crippen molar-refractivity contribution < 1.29 is 13.2 Å². The lowest BCUT2D eigenvalue weighted by Gasteiger charge is -2.26. The lowest BCUT2D eigenvalue weighted by molar-refractivity contribution is 0.0785. The molecule has 0 N–H and O–H groups in total. The number of halogens is 2. The Kier molecular flexibility index (Phi) is 6.65. The van der Waals surface area contributed by atoms with E-state index in [9.17, 15) is 13.2 Å². The maximum Gasteiger partial charge on any atom is 0.253 e. The summed E-state index contributed by atoms with van der Waals surface area (Å²) in [6, 6.07) is 11.7. The number of amides is 1. The molecule has 0 aliphatic carbocycles. The van der Waals surface area contributed by atoms with Crippen LogP contribution in [0.5, 0.6) is 0 Å². The molecule has 1 aliphatic rings. The van der Waals surface area contributed by atoms with Gasteiger partial charge in [0.1, 0.15) is 4.90 Å². The average molecular weight is 441 g/mol. The van der Waals surface area contributed by atoms with E-state index in [-0.39, 0.29) is 21.4 Å². The molecule has 1 saturated heterocycles. The molecule has 0 radical (unpaired) electrons. The van der Waals surface area contributed by atoms with Gasteiger partial charge in [0.05, 0.1) is 5.02 Å². The van der Waals surface area contributed by atoms with Crippen LogP contribution in [-0.4, -0.2) is 43.7 Å². The van der Waals surface area contributed by atoms with Crippen LogP contribution < -0.4 is 0 Å². The third-order valence-electron chi connectivity index (χ3n) is 4.82. The van der Waals surface area contributed by atoms with E-state index in [1.807, 2.05) is 18.2 Å². The second-order valence-corrected chi connectivity index (χ2v) is 9.58. The van der Waals surface area contributed by atoms with Gasteiger partial charge in [-0.15, -0.1) is 0 Å². The first-order valence-electron chi connectivity index (χ1n) is 9.09. The molecule has 0 saturated carbocycles. The molecule has 1 amide bonds. The summed E-state index contributed by atoms with van der Waals surface area (Å²) >= 11 is 12.4. The van der Waals surface area contributed by atoms with Crippen molar-refractivity contribution in [3.63, 3.8) is 0 Å². The molecule has 1 heterocycles. The maximum atomic E-state index is 13.0. The monoisotopic (exact) mass is 440 g/mol. The minimum atomic E-state index is -3.73. The third-order valence-corrected chi connectivity index (χ3v) is 7.57. The summed E-state index contributed by atoms with van der Waals surface area (Å²) < 4.78 is 27.4. The fourth-order valence-corrected chi connectivity index (χ4v) is 5.47. The lowest BCUT2D eigenvalue weighted by Crippen LogP contribution is -2.36. The normalized spacial score (nSPS) is 15.4. The van der Waals surface area contributed by atoms with E-state index in [0.717, 1.165) is 24.8 Å². The molecule has 28 heavy (non-hydrogen) atoms. The Morgan fingerprint density at radius 1 is 1.04 bits per heavy atom. The van der Waals surface area contributed by atoms with E-state index in [2.05, 4.69) is 0 Å². The fraction of sp³-hybridized carbons (Fsp3) is 0.350. The van der Waals surface area contributed by atoms with Crippen LogP contribution >= 0.6 is 23.2 Å². The van der Waals surface area contributed by atoms with Crippen molar-refractivity contribution in [2.45, 2.75) is 30.7 Å². The number of piperidine rings is 1. The summed E-state index contributed by atoms with van der Waals surface area (Å²) in [5, 5.41) is 0.697. The highest BCUT2D eigenvalue weighted by molar-refractivity contribution is 7.89. The van der Waals surface area contributed by atoms with Gasteiger partial charge in [-0.05, 0) is 42.7 Å². The molecule has 0 unspecified atom stereocenters. The molecule has 2 aromatic carbocycles. The number of hydrogen-bond donors (Lipinski definition) is 0. The second kappa shape index (κ2) is 8.82. The number of rotatable bonds is 5. The van der Waals surface area contributed by atoms with Crippen molar-refractivity contribution in [1.82, 2.24) is 9.21 Å². The van der Waals surface area contributed by atoms with E-state index in [1.165, 1.54) is 21.3 Å². The van der Waals surface area contributed by atoms with Crippen LogP contribution in [0.1, 0.15) is 35.2 Å². The van der Waals surface area contributed by atoms with Crippen molar-refractivity contribution >= 4 is 39.1 Å². The first-order valence-corrected chi connectivity index (χ1v) is 11.3. The maximum absolute atomic E-state index is 13.0. The molecular formula is C20H22Cl2N2O3S. The van der Waals surface area contributed by atoms with Gasteiger partial charge in [-0.1, -0.05) is 47.8 Å². The molecule has 8 heteroatoms. The Bertz CT molecular complexity index is 973. The molecular weight excluding hydrogens is 419 g/mol. The molecule has 0 spiro atoms. The van der Waals surface area contributed by atoms with E-state index in [1.54, 1.807) is 19.2 Å². The zero-order valence-corrected chi connectivity index (χ0v) is 17.9. The van der Waals surface area contributed by atoms with Gasteiger partial charge >= 0.3 is 0 Å². The molecule has 0 bridgehead atoms. The van der Waals surface area contributed by atoms with Gasteiger partial charge in [0.25, 0.3) is 5.91 Å². The molecule has 0 atom stereocenters. The summed E-state index contributed by atoms with van der Waals surface area (Å²) in [6.07, 6.45) is 2.68. The van der Waals surface area contributed by atoms with Gasteiger partial charge in [0.2, 0.25) is 10.0 Å². The average Bonchev–Trinajstić information content (AvgIpc) is 2.70. The summed E-state index contributed by atoms with van der Waals surface area (Å²) in [5.41, 5.74) is 1.09. The number of carbonyl (C=O) groups is 1. The standard InChI is InChI=1S/C20H22Cl2N2O3S/c1-23(14-16-7-3-4-8-17(16)21)20(25)15-9-10-18(22)19(13-15)28(26,27)24-11-5-2-6-12-24/h3-4,7-10,13H,2,5-6,11-12,14H2,1H3. The highest BCUT2D eigenvalue weighted by atomic mass is 35.5. The number of carbonyl (C=O) groups excluding carboxylic acids is 1. The van der Waals surface area contributed by atoms with Gasteiger partial charge in [-0.25, -0.2) is 8.42 Å². The number of sulfonamides is 1. The Labute approximate surface area is 175 Å². The Morgan fingerprint density at radius 3 is 2.39 bits per heavy atom. The highest BCUT2D eigenvalue weighted by Crippen LogP contribution is 2.28. The fourth-order valence-electron chi connectivity index (χ4n) is 3.25. The zero-order chi connectivity index (χ0) is 20.3. The summed E-state index contributed by atoms with van der Waals surface area (Å²) in [5.74, 6) is -0.299. The summed E-state index contributed by atoms with van der Waals surface area (Å²) in [7, 11) is -2.08. The van der Waals surface area contributed by atoms with Gasteiger partial charge in [-0.2, -0.15) is 4.31 Å². The van der Waals surface area contributed by atoms with Crippen molar-refractivity contribution in [2.75, 3.05) is 20.1 Å². The smallest absolute Gasteiger partial charge is 0.253 e. The van der Waals surface area contributed by atoms with Crippen LogP contribution in [0.4, 0.5) is 0 Å². The molecule has 3 rings (SSSR count). The van der Waals surface area contributed by atoms with Crippen LogP contribution in [0.25, 0.3) is 0 Å². The number of benzene rings is 2. The topological polar surface area (TPSA) is 57.7 Å². The summed E-state index contributed by atoms with van der Waals surface area (Å²) in [6.45, 7) is 1.27. The van der Waals surface area contributed by atoms with Crippen molar-refractivity contribution in [3.05, 3.63) is 63.6 Å². The Morgan fingerprint density at radius 2 is 1.71 bits per heavy atom. The van der Waals surface area contributed by atoms with E-state index >= 15 is 0 Å². The van der Waals surface area contributed by atoms with Crippen molar-refractivity contribution in [3.8, 4) is 0 Å². The van der Waals surface area contributed by atoms with Crippen LogP contribution in [0.15, 0.2) is 47.4 Å². The third kappa shape index (κ3) is 4.51. The van der Waals surface area contributed by atoms with E-state index in [0.29, 0.717) is 24.7 Å². The van der Waals surface area contributed by atoms with Gasteiger partial charge in [0.15, 0.2) is 0 Å². The molecule has 2 aromatic rings. The van der Waals surface area contributed by atoms with E-state index < -0.39 is 10.0 Å². The highest BCUT2D eigenvalue weighted by Gasteiger charge is 2.29. The van der Waals surface area contributed by atoms with Crippen molar-refractivity contribution in [1.29, 1.82) is 0 Å². The first kappa shape index (κ1) is 21.1. The van der Waals surface area contributed by atoms with Crippen LogP contribution in [0.3, 0.4) is 0 Å². The minimum absolute atomic E-state index is 0.0203. The predicted octanol–water partition coefficient (Wildman–Crippen LogP) is 4.44. The molecule has 1 fully saturated rings. The van der Waals surface area contributed by atoms with E-state index in [4.69, 9.17) is 23.2 Å². The molecule has 150 valence electrons. The minimum Gasteiger partial charge on any atom is -0.337 e. The van der Waals surface area contributed by atoms with Crippen molar-refractivity contribution in [2.24, 2.45) is 0 Å². The molecule has 0 aromatic heterocycles. The van der Waals surface area contributed by atoms with Gasteiger partial charge in [0, 0.05) is 37.3 Å². The summed E-state index contributed by atoms with van der Waals surface area (Å²) in [4.78, 5) is 14.3. The number of nitrogens with zero attached hydrogens (tertiary/aromatic N) is 2. The van der Waals surface area contributed by atoms with Crippen LogP contribution in [0, 0.1) is 0 Å². The second-order valence-electron chi connectivity index (χ2n) is 6.86. The molecule has 5 nitrogen and oxygen atoms in total. The van der Waals surface area contributed by atoms with Gasteiger partial charge in [-0.3, -0.25) is 4.79 Å². The quantitative estimate of drug-likeness (QED) is 0.690.